The molecule has 4 nitrogen and oxygen atoms in total. The Morgan fingerprint density at radius 1 is 1.46 bits per heavy atom. The normalized spacial score (nSPS) is 12.5. The van der Waals surface area contributed by atoms with Crippen LogP contribution >= 0.6 is 0 Å². The van der Waals surface area contributed by atoms with Gasteiger partial charge in [-0.1, -0.05) is 24.3 Å². The summed E-state index contributed by atoms with van der Waals surface area (Å²) in [6.45, 7) is -0.197. The molecule has 0 saturated carbocycles. The van der Waals surface area contributed by atoms with Gasteiger partial charge in [-0.15, -0.1) is 0 Å². The van der Waals surface area contributed by atoms with Gasteiger partial charge in [0.25, 0.3) is 0 Å². The van der Waals surface area contributed by atoms with Crippen LogP contribution in [-0.2, 0) is 11.4 Å². The summed E-state index contributed by atoms with van der Waals surface area (Å²) in [6.07, 6.45) is 0. The van der Waals surface area contributed by atoms with E-state index in [0.717, 1.165) is 0 Å². The molecule has 0 aliphatic rings. The van der Waals surface area contributed by atoms with Crippen LogP contribution in [0.25, 0.3) is 0 Å². The van der Waals surface area contributed by atoms with Gasteiger partial charge in [0.05, 0.1) is 6.61 Å². The average Bonchev–Trinajstić information content (AvgIpc) is 2.16. The molecule has 70 valence electrons. The largest absolute Gasteiger partial charge is 0.480 e. The molecule has 0 saturated heterocycles. The summed E-state index contributed by atoms with van der Waals surface area (Å²) in [5, 5.41) is 17.5. The van der Waals surface area contributed by atoms with Gasteiger partial charge in [-0.3, -0.25) is 4.79 Å². The maximum atomic E-state index is 10.6. The number of rotatable bonds is 3. The first-order valence-corrected chi connectivity index (χ1v) is 3.84. The van der Waals surface area contributed by atoms with Crippen molar-refractivity contribution in [1.29, 1.82) is 0 Å². The minimum atomic E-state index is -1.10. The molecule has 0 amide bonds. The van der Waals surface area contributed by atoms with Crippen LogP contribution in [0.4, 0.5) is 0 Å². The first kappa shape index (κ1) is 9.70. The topological polar surface area (TPSA) is 83.6 Å². The Hall–Kier alpha value is -1.39. The SMILES string of the molecule is NC(C(=O)O)c1ccccc1CO. The summed E-state index contributed by atoms with van der Waals surface area (Å²) in [5.41, 5.74) is 6.41. The lowest BCUT2D eigenvalue weighted by atomic mass is 10.0. The number of hydrogen-bond donors (Lipinski definition) is 3. The smallest absolute Gasteiger partial charge is 0.325 e. The fourth-order valence-corrected chi connectivity index (χ4v) is 1.11. The minimum absolute atomic E-state index is 0.197. The van der Waals surface area contributed by atoms with E-state index in [2.05, 4.69) is 0 Å². The van der Waals surface area contributed by atoms with E-state index < -0.39 is 12.0 Å². The van der Waals surface area contributed by atoms with Crippen LogP contribution in [0, 0.1) is 0 Å². The Kier molecular flexibility index (Phi) is 3.00. The predicted octanol–water partition coefficient (Wildman–Crippen LogP) is 0.263. The number of nitrogens with two attached hydrogens (primary N) is 1. The monoisotopic (exact) mass is 181 g/mol. The maximum absolute atomic E-state index is 10.6. The number of carboxylic acids is 1. The third-order valence-corrected chi connectivity index (χ3v) is 1.83. The van der Waals surface area contributed by atoms with E-state index >= 15 is 0 Å². The van der Waals surface area contributed by atoms with Crippen molar-refractivity contribution in [1.82, 2.24) is 0 Å². The number of carbonyl (C=O) groups is 1. The van der Waals surface area contributed by atoms with Crippen LogP contribution in [0.15, 0.2) is 24.3 Å². The van der Waals surface area contributed by atoms with Crippen molar-refractivity contribution in [3.05, 3.63) is 35.4 Å². The number of aliphatic carboxylic acids is 1. The molecule has 1 aromatic carbocycles. The Morgan fingerprint density at radius 2 is 2.08 bits per heavy atom. The molecular formula is C9H11NO3. The van der Waals surface area contributed by atoms with Crippen molar-refractivity contribution in [2.45, 2.75) is 12.6 Å². The van der Waals surface area contributed by atoms with E-state index in [0.29, 0.717) is 11.1 Å². The Balaban J connectivity index is 3.05. The summed E-state index contributed by atoms with van der Waals surface area (Å²) in [7, 11) is 0. The van der Waals surface area contributed by atoms with Crippen LogP contribution in [0.2, 0.25) is 0 Å². The van der Waals surface area contributed by atoms with Crippen molar-refractivity contribution in [2.75, 3.05) is 0 Å². The zero-order chi connectivity index (χ0) is 9.84. The highest BCUT2D eigenvalue weighted by molar-refractivity contribution is 5.75. The fraction of sp³-hybridized carbons (Fsp3) is 0.222. The van der Waals surface area contributed by atoms with E-state index in [1.165, 1.54) is 0 Å². The van der Waals surface area contributed by atoms with Gasteiger partial charge in [0, 0.05) is 0 Å². The molecule has 1 unspecified atom stereocenters. The lowest BCUT2D eigenvalue weighted by molar-refractivity contribution is -0.138. The summed E-state index contributed by atoms with van der Waals surface area (Å²) >= 11 is 0. The summed E-state index contributed by atoms with van der Waals surface area (Å²) in [6, 6.07) is 5.60. The standard InChI is InChI=1S/C9H11NO3/c10-8(9(12)13)7-4-2-1-3-6(7)5-11/h1-4,8,11H,5,10H2,(H,12,13). The van der Waals surface area contributed by atoms with Gasteiger partial charge in [0.2, 0.25) is 0 Å². The van der Waals surface area contributed by atoms with Gasteiger partial charge >= 0.3 is 5.97 Å². The van der Waals surface area contributed by atoms with E-state index in [1.54, 1.807) is 24.3 Å². The van der Waals surface area contributed by atoms with Gasteiger partial charge in [0.1, 0.15) is 6.04 Å². The Morgan fingerprint density at radius 3 is 2.62 bits per heavy atom. The van der Waals surface area contributed by atoms with Crippen molar-refractivity contribution < 1.29 is 15.0 Å². The van der Waals surface area contributed by atoms with Gasteiger partial charge in [-0.05, 0) is 11.1 Å². The first-order chi connectivity index (χ1) is 6.16. The van der Waals surface area contributed by atoms with Crippen LogP contribution in [0.3, 0.4) is 0 Å². The Bertz CT molecular complexity index is 311. The second-order valence-corrected chi connectivity index (χ2v) is 2.67. The molecule has 0 aliphatic carbocycles. The molecule has 0 radical (unpaired) electrons. The molecule has 0 bridgehead atoms. The summed E-state index contributed by atoms with van der Waals surface area (Å²) in [5.74, 6) is -1.10. The lowest BCUT2D eigenvalue weighted by Crippen LogP contribution is -2.22. The maximum Gasteiger partial charge on any atom is 0.325 e. The molecule has 1 rings (SSSR count). The van der Waals surface area contributed by atoms with Gasteiger partial charge in [-0.25, -0.2) is 0 Å². The van der Waals surface area contributed by atoms with Crippen molar-refractivity contribution in [2.24, 2.45) is 5.73 Å². The lowest BCUT2D eigenvalue weighted by Gasteiger charge is -2.10. The van der Waals surface area contributed by atoms with Crippen molar-refractivity contribution in [3.63, 3.8) is 0 Å². The second kappa shape index (κ2) is 4.02. The molecule has 0 heterocycles. The number of benzene rings is 1. The highest BCUT2D eigenvalue weighted by Gasteiger charge is 2.16. The third kappa shape index (κ3) is 2.05. The first-order valence-electron chi connectivity index (χ1n) is 3.84. The predicted molar refractivity (Wildman–Crippen MR) is 46.9 cm³/mol. The van der Waals surface area contributed by atoms with Crippen LogP contribution in [-0.4, -0.2) is 16.2 Å². The van der Waals surface area contributed by atoms with Crippen LogP contribution in [0.1, 0.15) is 17.2 Å². The van der Waals surface area contributed by atoms with E-state index in [4.69, 9.17) is 15.9 Å². The molecule has 1 atom stereocenters. The molecule has 4 N–H and O–H groups in total. The van der Waals surface area contributed by atoms with Gasteiger partial charge in [0.15, 0.2) is 0 Å². The van der Waals surface area contributed by atoms with Crippen LogP contribution < -0.4 is 5.73 Å². The number of aliphatic hydroxyl groups excluding tert-OH is 1. The molecule has 0 aromatic heterocycles. The number of carboxylic acid groups (broad SMARTS) is 1. The fourth-order valence-electron chi connectivity index (χ4n) is 1.11. The van der Waals surface area contributed by atoms with Crippen LogP contribution in [0.5, 0.6) is 0 Å². The summed E-state index contributed by atoms with van der Waals surface area (Å²) in [4.78, 5) is 10.6. The zero-order valence-corrected chi connectivity index (χ0v) is 6.97. The van der Waals surface area contributed by atoms with Crippen molar-refractivity contribution >= 4 is 5.97 Å². The summed E-state index contributed by atoms with van der Waals surface area (Å²) < 4.78 is 0. The average molecular weight is 181 g/mol. The second-order valence-electron chi connectivity index (χ2n) is 2.67. The number of hydrogen-bond acceptors (Lipinski definition) is 3. The molecule has 0 fully saturated rings. The molecule has 0 aliphatic heterocycles. The minimum Gasteiger partial charge on any atom is -0.480 e. The number of aliphatic hydroxyl groups is 1. The van der Waals surface area contributed by atoms with Gasteiger partial charge in [-0.2, -0.15) is 0 Å². The molecule has 0 spiro atoms. The third-order valence-electron chi connectivity index (χ3n) is 1.83. The zero-order valence-electron chi connectivity index (χ0n) is 6.97. The van der Waals surface area contributed by atoms with E-state index in [1.807, 2.05) is 0 Å². The van der Waals surface area contributed by atoms with E-state index in [-0.39, 0.29) is 6.61 Å². The molecule has 4 heteroatoms. The highest BCUT2D eigenvalue weighted by atomic mass is 16.4. The van der Waals surface area contributed by atoms with Crippen molar-refractivity contribution in [3.8, 4) is 0 Å². The molecule has 13 heavy (non-hydrogen) atoms. The quantitative estimate of drug-likeness (QED) is 0.624. The Labute approximate surface area is 75.6 Å². The molecular weight excluding hydrogens is 170 g/mol. The molecule has 1 aromatic rings. The van der Waals surface area contributed by atoms with Gasteiger partial charge < -0.3 is 15.9 Å². The highest BCUT2D eigenvalue weighted by Crippen LogP contribution is 2.15. The van der Waals surface area contributed by atoms with E-state index in [9.17, 15) is 4.79 Å².